The number of esters is 1. The van der Waals surface area contributed by atoms with Crippen molar-refractivity contribution in [1.82, 2.24) is 9.13 Å². The normalized spacial score (nSPS) is 12.3. The molecule has 43 heavy (non-hydrogen) atoms. The lowest BCUT2D eigenvalue weighted by atomic mass is 9.98. The molecule has 0 N–H and O–H groups in total. The van der Waals surface area contributed by atoms with Crippen molar-refractivity contribution in [3.63, 3.8) is 0 Å². The molecule has 0 radical (unpaired) electrons. The zero-order valence-corrected chi connectivity index (χ0v) is 25.3. The van der Waals surface area contributed by atoms with Crippen LogP contribution in [0.3, 0.4) is 0 Å². The number of nitrogens with zero attached hydrogens (tertiary/aromatic N) is 2. The Hall–Kier alpha value is -4.63. The fraction of sp³-hybridized carbons (Fsp3) is 0.235. The van der Waals surface area contributed by atoms with Crippen LogP contribution in [-0.2, 0) is 31.4 Å². The Balaban J connectivity index is 1.64. The number of aromatic nitrogens is 2. The molecule has 0 spiro atoms. The number of ether oxygens (including phenoxy) is 4. The molecule has 0 unspecified atom stereocenters. The second-order valence-electron chi connectivity index (χ2n) is 10.3. The molecule has 0 fully saturated rings. The van der Waals surface area contributed by atoms with Crippen molar-refractivity contribution in [1.29, 1.82) is 0 Å². The fourth-order valence-corrected chi connectivity index (χ4v) is 6.67. The second kappa shape index (κ2) is 11.9. The van der Waals surface area contributed by atoms with E-state index in [9.17, 15) is 9.59 Å². The van der Waals surface area contributed by atoms with Crippen LogP contribution in [0.5, 0.6) is 17.2 Å². The van der Waals surface area contributed by atoms with Gasteiger partial charge in [-0.1, -0.05) is 30.3 Å². The summed E-state index contributed by atoms with van der Waals surface area (Å²) in [5.41, 5.74) is 4.63. The van der Waals surface area contributed by atoms with Crippen LogP contribution in [0, 0.1) is 0 Å². The molecule has 3 aromatic carbocycles. The molecule has 8 nitrogen and oxygen atoms in total. The minimum Gasteiger partial charge on any atom is -0.497 e. The third-order valence-corrected chi connectivity index (χ3v) is 8.86. The minimum atomic E-state index is -0.734. The van der Waals surface area contributed by atoms with E-state index in [1.807, 2.05) is 55.7 Å². The average Bonchev–Trinajstić information content (AvgIpc) is 3.29. The van der Waals surface area contributed by atoms with E-state index in [0.717, 1.165) is 49.5 Å². The second-order valence-corrected chi connectivity index (χ2v) is 11.4. The Morgan fingerprint density at radius 3 is 2.53 bits per heavy atom. The SMILES string of the molecule is COC(=O)c1c(OCc2ccccc2)c2c(n(Cc3ccc(OC)cc3OC)c1=O)-c1cc3ccn(C)c3cc1SCC2. The van der Waals surface area contributed by atoms with Crippen LogP contribution in [0.25, 0.3) is 22.2 Å². The van der Waals surface area contributed by atoms with Crippen molar-refractivity contribution in [3.05, 3.63) is 106 Å². The van der Waals surface area contributed by atoms with Crippen LogP contribution in [0.4, 0.5) is 0 Å². The summed E-state index contributed by atoms with van der Waals surface area (Å²) in [6, 6.07) is 21.5. The molecular formula is C34H32N2O6S. The van der Waals surface area contributed by atoms with Crippen LogP contribution in [0.2, 0.25) is 0 Å². The maximum atomic E-state index is 14.5. The monoisotopic (exact) mass is 596 g/mol. The van der Waals surface area contributed by atoms with Gasteiger partial charge in [-0.05, 0) is 42.3 Å². The largest absolute Gasteiger partial charge is 0.497 e. The first-order chi connectivity index (χ1) is 20.9. The molecule has 1 aliphatic rings. The Kier molecular flexibility index (Phi) is 7.90. The standard InChI is InChI=1S/C34H32N2O6S/c1-35-14-12-22-16-26-29(18-27(22)35)43-15-13-25-31(26)36(19-23-10-11-24(39-2)17-28(23)40-3)33(37)30(34(38)41-4)32(25)42-20-21-8-6-5-7-9-21/h5-12,14,16-18H,13,15,19-20H2,1-4H3. The quantitative estimate of drug-likeness (QED) is 0.201. The van der Waals surface area contributed by atoms with Crippen LogP contribution < -0.4 is 19.8 Å². The molecule has 0 amide bonds. The highest BCUT2D eigenvalue weighted by Gasteiger charge is 2.31. The summed E-state index contributed by atoms with van der Waals surface area (Å²) in [6.45, 7) is 0.360. The molecule has 3 heterocycles. The number of pyridine rings is 1. The minimum absolute atomic E-state index is 0.112. The van der Waals surface area contributed by atoms with E-state index in [1.165, 1.54) is 7.11 Å². The smallest absolute Gasteiger partial charge is 0.347 e. The van der Waals surface area contributed by atoms with Crippen molar-refractivity contribution in [3.8, 4) is 28.5 Å². The summed E-state index contributed by atoms with van der Waals surface area (Å²) in [7, 11) is 6.48. The van der Waals surface area contributed by atoms with Gasteiger partial charge in [-0.25, -0.2) is 4.79 Å². The Morgan fingerprint density at radius 2 is 1.79 bits per heavy atom. The van der Waals surface area contributed by atoms with Gasteiger partial charge in [0.25, 0.3) is 5.56 Å². The maximum absolute atomic E-state index is 14.5. The Bertz CT molecular complexity index is 1890. The van der Waals surface area contributed by atoms with Crippen molar-refractivity contribution >= 4 is 28.6 Å². The number of aryl methyl sites for hydroxylation is 1. The molecule has 9 heteroatoms. The number of carbonyl (C=O) groups excluding carboxylic acids is 1. The van der Waals surface area contributed by atoms with Gasteiger partial charge < -0.3 is 28.1 Å². The average molecular weight is 597 g/mol. The zero-order valence-electron chi connectivity index (χ0n) is 24.5. The van der Waals surface area contributed by atoms with Crippen LogP contribution in [0.1, 0.15) is 27.0 Å². The number of hydrogen-bond acceptors (Lipinski definition) is 7. The topological polar surface area (TPSA) is 80.9 Å². The van der Waals surface area contributed by atoms with E-state index < -0.39 is 11.5 Å². The zero-order chi connectivity index (χ0) is 30.1. The van der Waals surface area contributed by atoms with Crippen LogP contribution in [-0.4, -0.2) is 42.2 Å². The van der Waals surface area contributed by atoms with Gasteiger partial charge in [-0.15, -0.1) is 11.8 Å². The molecule has 220 valence electrons. The predicted octanol–water partition coefficient (Wildman–Crippen LogP) is 6.09. The lowest BCUT2D eigenvalue weighted by Gasteiger charge is -2.23. The van der Waals surface area contributed by atoms with Crippen molar-refractivity contribution < 1.29 is 23.7 Å². The number of thioether (sulfide) groups is 1. The first-order valence-corrected chi connectivity index (χ1v) is 14.9. The number of fused-ring (bicyclic) bond motifs is 4. The first-order valence-electron chi connectivity index (χ1n) is 13.9. The number of rotatable bonds is 8. The Labute approximate surface area is 253 Å². The van der Waals surface area contributed by atoms with Crippen molar-refractivity contribution in [2.24, 2.45) is 7.05 Å². The highest BCUT2D eigenvalue weighted by atomic mass is 32.2. The van der Waals surface area contributed by atoms with Gasteiger partial charge in [0, 0.05) is 57.6 Å². The fourth-order valence-electron chi connectivity index (χ4n) is 5.63. The van der Waals surface area contributed by atoms with E-state index >= 15 is 0 Å². The van der Waals surface area contributed by atoms with Crippen molar-refractivity contribution in [2.75, 3.05) is 27.1 Å². The maximum Gasteiger partial charge on any atom is 0.347 e. The Morgan fingerprint density at radius 1 is 0.977 bits per heavy atom. The van der Waals surface area contributed by atoms with Gasteiger partial charge >= 0.3 is 5.97 Å². The van der Waals surface area contributed by atoms with E-state index in [0.29, 0.717) is 17.9 Å². The number of methoxy groups -OCH3 is 3. The van der Waals surface area contributed by atoms with Crippen molar-refractivity contribution in [2.45, 2.75) is 24.5 Å². The van der Waals surface area contributed by atoms with E-state index in [2.05, 4.69) is 22.8 Å². The van der Waals surface area contributed by atoms with Gasteiger partial charge in [0.05, 0.1) is 33.6 Å². The molecule has 5 aromatic rings. The van der Waals surface area contributed by atoms with Gasteiger partial charge in [0.2, 0.25) is 0 Å². The summed E-state index contributed by atoms with van der Waals surface area (Å²) in [4.78, 5) is 28.9. The van der Waals surface area contributed by atoms with Gasteiger partial charge in [0.15, 0.2) is 5.56 Å². The van der Waals surface area contributed by atoms with Crippen LogP contribution in [0.15, 0.2) is 82.6 Å². The third kappa shape index (κ3) is 5.25. The molecule has 1 aliphatic heterocycles. The van der Waals surface area contributed by atoms with Crippen LogP contribution >= 0.6 is 11.8 Å². The lowest BCUT2D eigenvalue weighted by Crippen LogP contribution is -2.31. The molecular weight excluding hydrogens is 564 g/mol. The number of benzene rings is 3. The summed E-state index contributed by atoms with van der Waals surface area (Å²) in [6.07, 6.45) is 2.61. The molecule has 0 saturated carbocycles. The summed E-state index contributed by atoms with van der Waals surface area (Å²) in [5, 5.41) is 1.06. The van der Waals surface area contributed by atoms with Gasteiger partial charge in [-0.2, -0.15) is 0 Å². The van der Waals surface area contributed by atoms with E-state index in [1.54, 1.807) is 36.6 Å². The third-order valence-electron chi connectivity index (χ3n) is 7.81. The predicted molar refractivity (Wildman–Crippen MR) is 168 cm³/mol. The molecule has 0 atom stereocenters. The highest BCUT2D eigenvalue weighted by molar-refractivity contribution is 7.99. The van der Waals surface area contributed by atoms with Gasteiger partial charge in [-0.3, -0.25) is 4.79 Å². The first kappa shape index (κ1) is 28.5. The van der Waals surface area contributed by atoms with E-state index in [4.69, 9.17) is 18.9 Å². The van der Waals surface area contributed by atoms with E-state index in [-0.39, 0.29) is 24.5 Å². The molecule has 0 bridgehead atoms. The highest BCUT2D eigenvalue weighted by Crippen LogP contribution is 2.44. The molecule has 0 aliphatic carbocycles. The summed E-state index contributed by atoms with van der Waals surface area (Å²) < 4.78 is 26.4. The summed E-state index contributed by atoms with van der Waals surface area (Å²) >= 11 is 1.73. The molecule has 6 rings (SSSR count). The summed E-state index contributed by atoms with van der Waals surface area (Å²) in [5.74, 6) is 1.49. The lowest BCUT2D eigenvalue weighted by molar-refractivity contribution is 0.0592. The molecule has 2 aromatic heterocycles. The number of carbonyl (C=O) groups is 1. The number of hydrogen-bond donors (Lipinski definition) is 0. The van der Waals surface area contributed by atoms with Gasteiger partial charge in [0.1, 0.15) is 23.9 Å². The molecule has 0 saturated heterocycles.